The highest BCUT2D eigenvalue weighted by molar-refractivity contribution is 4.86. The van der Waals surface area contributed by atoms with Crippen molar-refractivity contribution in [3.05, 3.63) is 0 Å². The van der Waals surface area contributed by atoms with Crippen molar-refractivity contribution in [2.75, 3.05) is 26.2 Å². The third-order valence-electron chi connectivity index (χ3n) is 1.13. The van der Waals surface area contributed by atoms with Crippen LogP contribution in [-0.4, -0.2) is 26.2 Å². The maximum absolute atomic E-state index is 5.04. The van der Waals surface area contributed by atoms with Crippen molar-refractivity contribution >= 4 is 0 Å². The van der Waals surface area contributed by atoms with Gasteiger partial charge in [-0.05, 0) is 13.0 Å². The number of rotatable bonds is 6. The first-order valence-corrected chi connectivity index (χ1v) is 3.76. The molecular weight excluding hydrogens is 124 g/mol. The lowest BCUT2D eigenvalue weighted by atomic mass is 10.4. The van der Waals surface area contributed by atoms with E-state index in [4.69, 9.17) is 6.42 Å². The molecule has 10 heavy (non-hydrogen) atoms. The fourth-order valence-corrected chi connectivity index (χ4v) is 0.639. The Balaban J connectivity index is 2.72. The highest BCUT2D eigenvalue weighted by Crippen LogP contribution is 1.67. The first-order valence-electron chi connectivity index (χ1n) is 3.76. The summed E-state index contributed by atoms with van der Waals surface area (Å²) in [6.07, 6.45) is 6.23. The van der Waals surface area contributed by atoms with E-state index in [9.17, 15) is 0 Å². The van der Waals surface area contributed by atoms with E-state index in [-0.39, 0.29) is 0 Å². The summed E-state index contributed by atoms with van der Waals surface area (Å²) in [6.45, 7) is 5.90. The molecule has 2 heteroatoms. The van der Waals surface area contributed by atoms with Gasteiger partial charge in [-0.2, -0.15) is 0 Å². The van der Waals surface area contributed by atoms with E-state index in [1.54, 1.807) is 0 Å². The van der Waals surface area contributed by atoms with E-state index in [1.807, 2.05) is 0 Å². The topological polar surface area (TPSA) is 24.1 Å². The monoisotopic (exact) mass is 140 g/mol. The lowest BCUT2D eigenvalue weighted by Gasteiger charge is -2.01. The summed E-state index contributed by atoms with van der Waals surface area (Å²) < 4.78 is 0. The molecule has 0 aromatic rings. The molecule has 0 rings (SSSR count). The van der Waals surface area contributed by atoms with Crippen LogP contribution in [-0.2, 0) is 0 Å². The number of nitrogens with one attached hydrogen (secondary N) is 2. The maximum atomic E-state index is 5.04. The Morgan fingerprint density at radius 2 is 1.90 bits per heavy atom. The van der Waals surface area contributed by atoms with Gasteiger partial charge in [0.15, 0.2) is 0 Å². The van der Waals surface area contributed by atoms with Crippen LogP contribution in [0.2, 0.25) is 0 Å². The van der Waals surface area contributed by atoms with Crippen molar-refractivity contribution in [1.82, 2.24) is 10.6 Å². The second-order valence-electron chi connectivity index (χ2n) is 2.13. The van der Waals surface area contributed by atoms with Crippen LogP contribution in [0.5, 0.6) is 0 Å². The highest BCUT2D eigenvalue weighted by atomic mass is 14.9. The SMILES string of the molecule is C#CCNCCNCCC. The normalized spacial score (nSPS) is 9.20. The van der Waals surface area contributed by atoms with Gasteiger partial charge in [0.1, 0.15) is 0 Å². The lowest BCUT2D eigenvalue weighted by Crippen LogP contribution is -2.27. The summed E-state index contributed by atoms with van der Waals surface area (Å²) >= 11 is 0. The molecule has 0 unspecified atom stereocenters. The van der Waals surface area contributed by atoms with Crippen molar-refractivity contribution in [3.8, 4) is 12.3 Å². The molecule has 0 aromatic heterocycles. The Labute approximate surface area is 63.4 Å². The predicted molar refractivity (Wildman–Crippen MR) is 44.9 cm³/mol. The third-order valence-corrected chi connectivity index (χ3v) is 1.13. The Kier molecular flexibility index (Phi) is 8.04. The van der Waals surface area contributed by atoms with Gasteiger partial charge in [0.25, 0.3) is 0 Å². The summed E-state index contributed by atoms with van der Waals surface area (Å²) in [5.41, 5.74) is 0. The molecule has 0 aromatic carbocycles. The Morgan fingerprint density at radius 3 is 2.50 bits per heavy atom. The van der Waals surface area contributed by atoms with Crippen molar-refractivity contribution in [2.45, 2.75) is 13.3 Å². The van der Waals surface area contributed by atoms with Gasteiger partial charge in [-0.15, -0.1) is 6.42 Å². The first-order chi connectivity index (χ1) is 4.91. The molecule has 0 radical (unpaired) electrons. The molecule has 2 nitrogen and oxygen atoms in total. The standard InChI is InChI=1S/C8H16N2/c1-3-5-9-7-8-10-6-4-2/h1,9-10H,4-8H2,2H3. The molecule has 0 aliphatic rings. The molecule has 0 amide bonds. The van der Waals surface area contributed by atoms with E-state index >= 15 is 0 Å². The maximum Gasteiger partial charge on any atom is 0.0574 e. The zero-order chi connectivity index (χ0) is 7.66. The minimum absolute atomic E-state index is 0.674. The molecule has 0 atom stereocenters. The van der Waals surface area contributed by atoms with Crippen LogP contribution in [0.25, 0.3) is 0 Å². The van der Waals surface area contributed by atoms with E-state index in [2.05, 4.69) is 23.5 Å². The molecule has 0 saturated heterocycles. The fraction of sp³-hybridized carbons (Fsp3) is 0.750. The second kappa shape index (κ2) is 8.48. The van der Waals surface area contributed by atoms with E-state index in [0.29, 0.717) is 6.54 Å². The van der Waals surface area contributed by atoms with Crippen molar-refractivity contribution in [1.29, 1.82) is 0 Å². The van der Waals surface area contributed by atoms with Gasteiger partial charge >= 0.3 is 0 Å². The van der Waals surface area contributed by atoms with E-state index in [0.717, 1.165) is 19.6 Å². The Bertz CT molecular complexity index is 93.9. The molecule has 0 aliphatic carbocycles. The molecular formula is C8H16N2. The molecule has 0 spiro atoms. The minimum Gasteiger partial charge on any atom is -0.315 e. The van der Waals surface area contributed by atoms with Crippen molar-refractivity contribution in [2.24, 2.45) is 0 Å². The Hall–Kier alpha value is -0.520. The van der Waals surface area contributed by atoms with Gasteiger partial charge in [0.2, 0.25) is 0 Å². The van der Waals surface area contributed by atoms with E-state index in [1.165, 1.54) is 6.42 Å². The molecule has 0 heterocycles. The Morgan fingerprint density at radius 1 is 1.20 bits per heavy atom. The summed E-state index contributed by atoms with van der Waals surface area (Å²) in [5.74, 6) is 2.52. The summed E-state index contributed by atoms with van der Waals surface area (Å²) in [4.78, 5) is 0. The second-order valence-corrected chi connectivity index (χ2v) is 2.13. The smallest absolute Gasteiger partial charge is 0.0574 e. The molecule has 58 valence electrons. The van der Waals surface area contributed by atoms with Crippen molar-refractivity contribution < 1.29 is 0 Å². The van der Waals surface area contributed by atoms with Gasteiger partial charge < -0.3 is 10.6 Å². The lowest BCUT2D eigenvalue weighted by molar-refractivity contribution is 0.631. The van der Waals surface area contributed by atoms with E-state index < -0.39 is 0 Å². The third kappa shape index (κ3) is 7.48. The number of hydrogen-bond donors (Lipinski definition) is 2. The predicted octanol–water partition coefficient (Wildman–Crippen LogP) is 0.209. The molecule has 2 N–H and O–H groups in total. The van der Waals surface area contributed by atoms with Crippen LogP contribution in [0.1, 0.15) is 13.3 Å². The van der Waals surface area contributed by atoms with Gasteiger partial charge in [-0.25, -0.2) is 0 Å². The van der Waals surface area contributed by atoms with Gasteiger partial charge in [-0.3, -0.25) is 0 Å². The molecule has 0 bridgehead atoms. The number of hydrogen-bond acceptors (Lipinski definition) is 2. The van der Waals surface area contributed by atoms with Crippen LogP contribution >= 0.6 is 0 Å². The van der Waals surface area contributed by atoms with Crippen LogP contribution in [0.15, 0.2) is 0 Å². The molecule has 0 aliphatic heterocycles. The first kappa shape index (κ1) is 9.48. The van der Waals surface area contributed by atoms with Gasteiger partial charge in [0, 0.05) is 13.1 Å². The van der Waals surface area contributed by atoms with Crippen molar-refractivity contribution in [3.63, 3.8) is 0 Å². The average molecular weight is 140 g/mol. The average Bonchev–Trinajstić information content (AvgIpc) is 1.97. The zero-order valence-corrected chi connectivity index (χ0v) is 6.61. The van der Waals surface area contributed by atoms with Crippen LogP contribution in [0.3, 0.4) is 0 Å². The summed E-state index contributed by atoms with van der Waals surface area (Å²) in [7, 11) is 0. The zero-order valence-electron chi connectivity index (χ0n) is 6.61. The van der Waals surface area contributed by atoms with Gasteiger partial charge in [0.05, 0.1) is 6.54 Å². The summed E-state index contributed by atoms with van der Waals surface area (Å²) in [5, 5.41) is 6.36. The quantitative estimate of drug-likeness (QED) is 0.407. The van der Waals surface area contributed by atoms with Crippen LogP contribution in [0, 0.1) is 12.3 Å². The van der Waals surface area contributed by atoms with Crippen LogP contribution < -0.4 is 10.6 Å². The molecule has 0 fully saturated rings. The van der Waals surface area contributed by atoms with Gasteiger partial charge in [-0.1, -0.05) is 12.8 Å². The number of terminal acetylenes is 1. The fourth-order valence-electron chi connectivity index (χ4n) is 0.639. The minimum atomic E-state index is 0.674. The molecule has 0 saturated carbocycles. The summed E-state index contributed by atoms with van der Waals surface area (Å²) in [6, 6.07) is 0. The van der Waals surface area contributed by atoms with Crippen LogP contribution in [0.4, 0.5) is 0 Å². The highest BCUT2D eigenvalue weighted by Gasteiger charge is 1.82. The largest absolute Gasteiger partial charge is 0.315 e.